The number of hydrogen-bond acceptors (Lipinski definition) is 4. The van der Waals surface area contributed by atoms with Gasteiger partial charge < -0.3 is 20.3 Å². The van der Waals surface area contributed by atoms with Gasteiger partial charge in [-0.3, -0.25) is 4.79 Å². The van der Waals surface area contributed by atoms with Gasteiger partial charge in [-0.25, -0.2) is 9.18 Å². The zero-order valence-electron chi connectivity index (χ0n) is 10.0. The molecular formula is C12H14FNO5. The molecule has 0 fully saturated rings. The highest BCUT2D eigenvalue weighted by molar-refractivity contribution is 5.77. The number of para-hydroxylation sites is 1. The number of aliphatic hydroxyl groups is 1. The maximum Gasteiger partial charge on any atom is 0.332 e. The van der Waals surface area contributed by atoms with Crippen molar-refractivity contribution in [2.24, 2.45) is 0 Å². The maximum atomic E-state index is 13.1. The lowest BCUT2D eigenvalue weighted by atomic mass is 10.2. The van der Waals surface area contributed by atoms with Gasteiger partial charge in [0.25, 0.3) is 5.91 Å². The van der Waals surface area contributed by atoms with Crippen LogP contribution in [0.1, 0.15) is 6.42 Å². The van der Waals surface area contributed by atoms with Gasteiger partial charge in [0.15, 0.2) is 24.3 Å². The minimum absolute atomic E-state index is 0.00701. The second kappa shape index (κ2) is 7.32. The van der Waals surface area contributed by atoms with Gasteiger partial charge in [-0.2, -0.15) is 0 Å². The number of benzene rings is 1. The molecule has 1 amide bonds. The Bertz CT molecular complexity index is 452. The molecule has 0 aromatic heterocycles. The van der Waals surface area contributed by atoms with E-state index in [2.05, 4.69) is 5.32 Å². The van der Waals surface area contributed by atoms with E-state index in [0.717, 1.165) is 0 Å². The molecule has 0 unspecified atom stereocenters. The largest absolute Gasteiger partial charge is 0.481 e. The van der Waals surface area contributed by atoms with Crippen molar-refractivity contribution in [1.29, 1.82) is 0 Å². The van der Waals surface area contributed by atoms with E-state index in [1.54, 1.807) is 6.07 Å². The van der Waals surface area contributed by atoms with E-state index in [4.69, 9.17) is 14.9 Å². The van der Waals surface area contributed by atoms with Gasteiger partial charge in [-0.1, -0.05) is 12.1 Å². The van der Waals surface area contributed by atoms with Crippen LogP contribution in [0.4, 0.5) is 4.39 Å². The van der Waals surface area contributed by atoms with Crippen LogP contribution in [0.5, 0.6) is 5.75 Å². The van der Waals surface area contributed by atoms with Crippen LogP contribution in [0, 0.1) is 5.82 Å². The van der Waals surface area contributed by atoms with Crippen LogP contribution < -0.4 is 10.1 Å². The van der Waals surface area contributed by atoms with Gasteiger partial charge in [0.05, 0.1) is 0 Å². The molecule has 1 rings (SSSR count). The van der Waals surface area contributed by atoms with Gasteiger partial charge in [0.1, 0.15) is 0 Å². The molecule has 19 heavy (non-hydrogen) atoms. The molecule has 0 aliphatic heterocycles. The molecule has 7 heteroatoms. The summed E-state index contributed by atoms with van der Waals surface area (Å²) >= 11 is 0. The molecule has 1 aromatic carbocycles. The minimum Gasteiger partial charge on any atom is -0.481 e. The Kier molecular flexibility index (Phi) is 5.74. The number of ether oxygens (including phenoxy) is 1. The van der Waals surface area contributed by atoms with E-state index in [-0.39, 0.29) is 25.3 Å². The number of carbonyl (C=O) groups is 2. The highest BCUT2D eigenvalue weighted by Crippen LogP contribution is 2.14. The van der Waals surface area contributed by atoms with Crippen LogP contribution in [0.25, 0.3) is 0 Å². The summed E-state index contributed by atoms with van der Waals surface area (Å²) in [6, 6.07) is 5.66. The summed E-state index contributed by atoms with van der Waals surface area (Å²) in [5.41, 5.74) is 0. The first-order chi connectivity index (χ1) is 9.00. The first-order valence-electron chi connectivity index (χ1n) is 5.55. The lowest BCUT2D eigenvalue weighted by Crippen LogP contribution is -2.33. The van der Waals surface area contributed by atoms with Gasteiger partial charge in [-0.15, -0.1) is 0 Å². The summed E-state index contributed by atoms with van der Waals surface area (Å²) in [7, 11) is 0. The Morgan fingerprint density at radius 2 is 2.05 bits per heavy atom. The van der Waals surface area contributed by atoms with Crippen molar-refractivity contribution >= 4 is 11.9 Å². The zero-order chi connectivity index (χ0) is 14.3. The second-order valence-corrected chi connectivity index (χ2v) is 3.71. The molecule has 0 saturated carbocycles. The molecule has 104 valence electrons. The molecular weight excluding hydrogens is 257 g/mol. The van der Waals surface area contributed by atoms with Gasteiger partial charge in [0.2, 0.25) is 0 Å². The Labute approximate surface area is 108 Å². The summed E-state index contributed by atoms with van der Waals surface area (Å²) in [6.45, 7) is -0.392. The topological polar surface area (TPSA) is 95.9 Å². The number of rotatable bonds is 7. The molecule has 0 aliphatic carbocycles. The second-order valence-electron chi connectivity index (χ2n) is 3.71. The van der Waals surface area contributed by atoms with E-state index < -0.39 is 23.8 Å². The van der Waals surface area contributed by atoms with Gasteiger partial charge in [0, 0.05) is 13.0 Å². The Hall–Kier alpha value is -2.15. The third kappa shape index (κ3) is 5.35. The number of carboxylic acid groups (broad SMARTS) is 1. The van der Waals surface area contributed by atoms with Crippen LogP contribution >= 0.6 is 0 Å². The number of carboxylic acids is 1. The summed E-state index contributed by atoms with van der Waals surface area (Å²) in [5, 5.41) is 19.7. The molecule has 0 aliphatic rings. The average molecular weight is 271 g/mol. The molecule has 1 aromatic rings. The van der Waals surface area contributed by atoms with E-state index in [1.165, 1.54) is 18.2 Å². The normalized spacial score (nSPS) is 11.7. The Morgan fingerprint density at radius 3 is 2.68 bits per heavy atom. The first kappa shape index (κ1) is 14.9. The van der Waals surface area contributed by atoms with E-state index >= 15 is 0 Å². The van der Waals surface area contributed by atoms with Crippen LogP contribution in [0.15, 0.2) is 24.3 Å². The monoisotopic (exact) mass is 271 g/mol. The molecule has 3 N–H and O–H groups in total. The molecule has 1 atom stereocenters. The van der Waals surface area contributed by atoms with Crippen LogP contribution in [0.2, 0.25) is 0 Å². The molecule has 6 nitrogen and oxygen atoms in total. The van der Waals surface area contributed by atoms with Crippen LogP contribution in [-0.2, 0) is 9.59 Å². The zero-order valence-corrected chi connectivity index (χ0v) is 10.0. The van der Waals surface area contributed by atoms with E-state index in [1.807, 2.05) is 0 Å². The average Bonchev–Trinajstić information content (AvgIpc) is 2.37. The van der Waals surface area contributed by atoms with Crippen molar-refractivity contribution < 1.29 is 28.9 Å². The Balaban J connectivity index is 2.25. The van der Waals surface area contributed by atoms with Crippen molar-refractivity contribution in [2.45, 2.75) is 12.5 Å². The minimum atomic E-state index is -1.52. The van der Waals surface area contributed by atoms with Crippen molar-refractivity contribution in [3.05, 3.63) is 30.1 Å². The van der Waals surface area contributed by atoms with Crippen molar-refractivity contribution in [1.82, 2.24) is 5.32 Å². The summed E-state index contributed by atoms with van der Waals surface area (Å²) in [5.74, 6) is -2.49. The lowest BCUT2D eigenvalue weighted by molar-refractivity contribution is -0.147. The third-order valence-electron chi connectivity index (χ3n) is 2.22. The maximum absolute atomic E-state index is 13.1. The molecule has 0 bridgehead atoms. The highest BCUT2D eigenvalue weighted by Gasteiger charge is 2.13. The van der Waals surface area contributed by atoms with Crippen molar-refractivity contribution in [2.75, 3.05) is 13.2 Å². The van der Waals surface area contributed by atoms with Crippen molar-refractivity contribution in [3.63, 3.8) is 0 Å². The number of carbonyl (C=O) groups excluding carboxylic acids is 1. The predicted octanol–water partition coefficient (Wildman–Crippen LogP) is 0.156. The fourth-order valence-electron chi connectivity index (χ4n) is 1.23. The number of nitrogens with one attached hydrogen (secondary N) is 1. The van der Waals surface area contributed by atoms with E-state index in [0.29, 0.717) is 0 Å². The number of aliphatic carboxylic acids is 1. The molecule has 0 radical (unpaired) electrons. The lowest BCUT2D eigenvalue weighted by Gasteiger charge is -2.09. The van der Waals surface area contributed by atoms with Crippen LogP contribution in [-0.4, -0.2) is 41.3 Å². The summed E-state index contributed by atoms with van der Waals surface area (Å²) < 4.78 is 18.1. The molecule has 0 heterocycles. The summed E-state index contributed by atoms with van der Waals surface area (Å²) in [6.07, 6.45) is -1.63. The predicted molar refractivity (Wildman–Crippen MR) is 63.2 cm³/mol. The van der Waals surface area contributed by atoms with Crippen molar-refractivity contribution in [3.8, 4) is 5.75 Å². The van der Waals surface area contributed by atoms with Gasteiger partial charge in [-0.05, 0) is 12.1 Å². The SMILES string of the molecule is O=C(COc1ccccc1F)NCC[C@H](O)C(=O)O. The standard InChI is InChI=1S/C12H14FNO5/c13-8-3-1-2-4-10(8)19-7-11(16)14-6-5-9(15)12(17)18/h1-4,9,15H,5-7H2,(H,14,16)(H,17,18)/t9-/m0/s1. The fourth-order valence-corrected chi connectivity index (χ4v) is 1.23. The summed E-state index contributed by atoms with van der Waals surface area (Å²) in [4.78, 5) is 21.6. The Morgan fingerprint density at radius 1 is 1.37 bits per heavy atom. The smallest absolute Gasteiger partial charge is 0.332 e. The number of hydrogen-bond donors (Lipinski definition) is 3. The number of halogens is 1. The van der Waals surface area contributed by atoms with Gasteiger partial charge >= 0.3 is 5.97 Å². The fraction of sp³-hybridized carbons (Fsp3) is 0.333. The first-order valence-corrected chi connectivity index (χ1v) is 5.55. The molecule has 0 saturated heterocycles. The number of aliphatic hydroxyl groups excluding tert-OH is 1. The van der Waals surface area contributed by atoms with Crippen LogP contribution in [0.3, 0.4) is 0 Å². The highest BCUT2D eigenvalue weighted by atomic mass is 19.1. The number of amides is 1. The van der Waals surface area contributed by atoms with E-state index in [9.17, 15) is 14.0 Å². The quantitative estimate of drug-likeness (QED) is 0.656. The molecule has 0 spiro atoms. The third-order valence-corrected chi connectivity index (χ3v) is 2.22.